The van der Waals surface area contributed by atoms with Crippen LogP contribution >= 0.6 is 0 Å². The van der Waals surface area contributed by atoms with Gasteiger partial charge in [0.2, 0.25) is 0 Å². The molecule has 0 aliphatic rings. The van der Waals surface area contributed by atoms with E-state index in [4.69, 9.17) is 0 Å². The standard InChI is InChI=1S/C14H19N3O2/c1-10(13-4-3-12(18)7-14(13)19)15-6-5-11-8-16-17(2)9-11/h3-4,7-10,15,18-19H,5-6H2,1-2H3. The second kappa shape index (κ2) is 5.75. The first kappa shape index (κ1) is 13.4. The molecule has 1 aromatic heterocycles. The van der Waals surface area contributed by atoms with Crippen molar-refractivity contribution in [3.63, 3.8) is 0 Å². The Balaban J connectivity index is 1.88. The van der Waals surface area contributed by atoms with E-state index < -0.39 is 0 Å². The first-order valence-electron chi connectivity index (χ1n) is 6.29. The topological polar surface area (TPSA) is 70.3 Å². The fourth-order valence-corrected chi connectivity index (χ4v) is 2.04. The van der Waals surface area contributed by atoms with Gasteiger partial charge in [0.05, 0.1) is 6.20 Å². The third-order valence-electron chi connectivity index (χ3n) is 3.10. The van der Waals surface area contributed by atoms with Gasteiger partial charge in [-0.3, -0.25) is 4.68 Å². The minimum atomic E-state index is 0.0253. The molecule has 1 heterocycles. The lowest BCUT2D eigenvalue weighted by atomic mass is 10.1. The molecule has 0 amide bonds. The van der Waals surface area contributed by atoms with E-state index >= 15 is 0 Å². The maximum Gasteiger partial charge on any atom is 0.124 e. The maximum atomic E-state index is 9.77. The van der Waals surface area contributed by atoms with Gasteiger partial charge in [-0.05, 0) is 31.5 Å². The number of hydrogen-bond donors (Lipinski definition) is 3. The molecule has 1 atom stereocenters. The van der Waals surface area contributed by atoms with Crippen molar-refractivity contribution in [3.8, 4) is 11.5 Å². The minimum Gasteiger partial charge on any atom is -0.508 e. The van der Waals surface area contributed by atoms with Crippen molar-refractivity contribution >= 4 is 0 Å². The summed E-state index contributed by atoms with van der Waals surface area (Å²) in [4.78, 5) is 0. The molecule has 1 unspecified atom stereocenters. The van der Waals surface area contributed by atoms with E-state index in [9.17, 15) is 10.2 Å². The number of hydrogen-bond acceptors (Lipinski definition) is 4. The Morgan fingerprint density at radius 2 is 2.16 bits per heavy atom. The number of aryl methyl sites for hydroxylation is 1. The van der Waals surface area contributed by atoms with Crippen molar-refractivity contribution in [2.75, 3.05) is 6.54 Å². The summed E-state index contributed by atoms with van der Waals surface area (Å²) >= 11 is 0. The molecule has 0 spiro atoms. The molecule has 0 fully saturated rings. The molecular formula is C14H19N3O2. The van der Waals surface area contributed by atoms with Crippen LogP contribution in [-0.2, 0) is 13.5 Å². The number of aromatic nitrogens is 2. The Hall–Kier alpha value is -2.01. The first-order valence-corrected chi connectivity index (χ1v) is 6.29. The molecule has 5 heteroatoms. The molecule has 19 heavy (non-hydrogen) atoms. The van der Waals surface area contributed by atoms with Gasteiger partial charge in [0.15, 0.2) is 0 Å². The van der Waals surface area contributed by atoms with Crippen LogP contribution in [0.4, 0.5) is 0 Å². The highest BCUT2D eigenvalue weighted by Gasteiger charge is 2.10. The third-order valence-corrected chi connectivity index (χ3v) is 3.10. The highest BCUT2D eigenvalue weighted by molar-refractivity contribution is 5.40. The summed E-state index contributed by atoms with van der Waals surface area (Å²) in [5.41, 5.74) is 1.96. The van der Waals surface area contributed by atoms with Gasteiger partial charge < -0.3 is 15.5 Å². The van der Waals surface area contributed by atoms with Crippen molar-refractivity contribution in [3.05, 3.63) is 41.7 Å². The lowest BCUT2D eigenvalue weighted by Crippen LogP contribution is -2.21. The number of nitrogens with zero attached hydrogens (tertiary/aromatic N) is 2. The van der Waals surface area contributed by atoms with Gasteiger partial charge in [0.1, 0.15) is 11.5 Å². The lowest BCUT2D eigenvalue weighted by molar-refractivity contribution is 0.436. The summed E-state index contributed by atoms with van der Waals surface area (Å²) in [7, 11) is 1.90. The molecule has 2 rings (SSSR count). The summed E-state index contributed by atoms with van der Waals surface area (Å²) in [6, 6.07) is 4.69. The summed E-state index contributed by atoms with van der Waals surface area (Å²) in [5, 5.41) is 26.5. The maximum absolute atomic E-state index is 9.77. The van der Waals surface area contributed by atoms with E-state index in [-0.39, 0.29) is 17.5 Å². The highest BCUT2D eigenvalue weighted by Crippen LogP contribution is 2.27. The Bertz CT molecular complexity index is 551. The predicted octanol–water partition coefficient (Wildman–Crippen LogP) is 1.72. The average molecular weight is 261 g/mol. The van der Waals surface area contributed by atoms with Gasteiger partial charge in [-0.15, -0.1) is 0 Å². The normalized spacial score (nSPS) is 12.5. The third kappa shape index (κ3) is 3.48. The van der Waals surface area contributed by atoms with E-state index in [0.717, 1.165) is 18.5 Å². The first-order chi connectivity index (χ1) is 9.06. The Labute approximate surface area is 112 Å². The minimum absolute atomic E-state index is 0.0253. The largest absolute Gasteiger partial charge is 0.508 e. The second-order valence-corrected chi connectivity index (χ2v) is 4.69. The molecule has 0 saturated carbocycles. The van der Waals surface area contributed by atoms with E-state index in [1.807, 2.05) is 26.4 Å². The molecule has 3 N–H and O–H groups in total. The van der Waals surface area contributed by atoms with E-state index in [1.54, 1.807) is 16.8 Å². The second-order valence-electron chi connectivity index (χ2n) is 4.69. The molecule has 2 aromatic rings. The average Bonchev–Trinajstić information content (AvgIpc) is 2.75. The van der Waals surface area contributed by atoms with Crippen LogP contribution in [0.2, 0.25) is 0 Å². The summed E-state index contributed by atoms with van der Waals surface area (Å²) in [5.74, 6) is 0.185. The van der Waals surface area contributed by atoms with Crippen LogP contribution in [0.1, 0.15) is 24.1 Å². The molecule has 1 aromatic carbocycles. The zero-order valence-corrected chi connectivity index (χ0v) is 11.2. The van der Waals surface area contributed by atoms with Crippen LogP contribution in [0.5, 0.6) is 11.5 Å². The Morgan fingerprint density at radius 1 is 1.37 bits per heavy atom. The van der Waals surface area contributed by atoms with E-state index in [0.29, 0.717) is 0 Å². The van der Waals surface area contributed by atoms with Gasteiger partial charge in [-0.1, -0.05) is 6.07 Å². The number of rotatable bonds is 5. The number of phenolic OH excluding ortho intramolecular Hbond substituents is 2. The van der Waals surface area contributed by atoms with Crippen molar-refractivity contribution in [2.45, 2.75) is 19.4 Å². The predicted molar refractivity (Wildman–Crippen MR) is 73.1 cm³/mol. The van der Waals surface area contributed by atoms with Gasteiger partial charge in [0, 0.05) is 30.9 Å². The molecule has 0 aliphatic heterocycles. The van der Waals surface area contributed by atoms with Gasteiger partial charge >= 0.3 is 0 Å². The molecule has 102 valence electrons. The van der Waals surface area contributed by atoms with Crippen LogP contribution in [0.3, 0.4) is 0 Å². The van der Waals surface area contributed by atoms with Crippen LogP contribution in [0.25, 0.3) is 0 Å². The zero-order chi connectivity index (χ0) is 13.8. The number of benzene rings is 1. The van der Waals surface area contributed by atoms with E-state index in [2.05, 4.69) is 10.4 Å². The molecule has 0 aliphatic carbocycles. The number of nitrogens with one attached hydrogen (secondary N) is 1. The van der Waals surface area contributed by atoms with Gasteiger partial charge in [-0.2, -0.15) is 5.10 Å². The molecular weight excluding hydrogens is 242 g/mol. The summed E-state index contributed by atoms with van der Waals surface area (Å²) in [6.45, 7) is 2.78. The van der Waals surface area contributed by atoms with Crippen LogP contribution in [-0.4, -0.2) is 26.5 Å². The quantitative estimate of drug-likeness (QED) is 0.766. The lowest BCUT2D eigenvalue weighted by Gasteiger charge is -2.15. The highest BCUT2D eigenvalue weighted by atomic mass is 16.3. The number of phenols is 2. The Kier molecular flexibility index (Phi) is 4.06. The van der Waals surface area contributed by atoms with Crippen molar-refractivity contribution < 1.29 is 10.2 Å². The zero-order valence-electron chi connectivity index (χ0n) is 11.2. The fraction of sp³-hybridized carbons (Fsp3) is 0.357. The van der Waals surface area contributed by atoms with Gasteiger partial charge in [-0.25, -0.2) is 0 Å². The van der Waals surface area contributed by atoms with Crippen molar-refractivity contribution in [1.82, 2.24) is 15.1 Å². The van der Waals surface area contributed by atoms with Crippen LogP contribution in [0, 0.1) is 0 Å². The molecule has 0 saturated heterocycles. The van der Waals surface area contributed by atoms with Crippen molar-refractivity contribution in [2.24, 2.45) is 7.05 Å². The molecule has 5 nitrogen and oxygen atoms in total. The van der Waals surface area contributed by atoms with Crippen molar-refractivity contribution in [1.29, 1.82) is 0 Å². The van der Waals surface area contributed by atoms with Gasteiger partial charge in [0.25, 0.3) is 0 Å². The monoisotopic (exact) mass is 261 g/mol. The fourth-order valence-electron chi connectivity index (χ4n) is 2.04. The Morgan fingerprint density at radius 3 is 2.79 bits per heavy atom. The molecule has 0 bridgehead atoms. The smallest absolute Gasteiger partial charge is 0.124 e. The SMILES string of the molecule is CC(NCCc1cnn(C)c1)c1ccc(O)cc1O. The summed E-state index contributed by atoms with van der Waals surface area (Å²) in [6.07, 6.45) is 4.73. The van der Waals surface area contributed by atoms with Crippen LogP contribution in [0.15, 0.2) is 30.6 Å². The number of aromatic hydroxyl groups is 2. The molecule has 0 radical (unpaired) electrons. The summed E-state index contributed by atoms with van der Waals surface area (Å²) < 4.78 is 1.78. The van der Waals surface area contributed by atoms with Crippen LogP contribution < -0.4 is 5.32 Å². The van der Waals surface area contributed by atoms with E-state index in [1.165, 1.54) is 11.6 Å².